The number of rotatable bonds is 7. The number of amides is 1. The number of benzene rings is 2. The van der Waals surface area contributed by atoms with Crippen molar-refractivity contribution in [1.82, 2.24) is 19.8 Å². The number of fused-ring (bicyclic) bond motifs is 4. The predicted octanol–water partition coefficient (Wildman–Crippen LogP) is 4.55. The Kier molecular flexibility index (Phi) is 6.63. The van der Waals surface area contributed by atoms with Crippen LogP contribution in [0.15, 0.2) is 49.1 Å². The highest BCUT2D eigenvalue weighted by molar-refractivity contribution is 5.94. The Balaban J connectivity index is 1.26. The summed E-state index contributed by atoms with van der Waals surface area (Å²) in [4.78, 5) is 32.3. The summed E-state index contributed by atoms with van der Waals surface area (Å²) in [6, 6.07) is 13.8. The zero-order valence-corrected chi connectivity index (χ0v) is 23.6. The molecule has 41 heavy (non-hydrogen) atoms. The van der Waals surface area contributed by atoms with Gasteiger partial charge in [-0.1, -0.05) is 30.8 Å². The number of likely N-dealkylation sites (N-methyl/N-ethyl adjacent to an activating group) is 1. The van der Waals surface area contributed by atoms with Crippen molar-refractivity contribution in [3.63, 3.8) is 0 Å². The Labute approximate surface area is 241 Å². The van der Waals surface area contributed by atoms with Crippen LogP contribution in [0.5, 0.6) is 6.01 Å². The lowest BCUT2D eigenvalue weighted by molar-refractivity contribution is -0.128. The second-order valence-electron chi connectivity index (χ2n) is 12.0. The summed E-state index contributed by atoms with van der Waals surface area (Å²) in [6.07, 6.45) is 6.14. The van der Waals surface area contributed by atoms with Crippen LogP contribution in [-0.2, 0) is 11.2 Å². The molecular formula is C33H36N6O2. The molecule has 0 radical (unpaired) electrons. The number of nitrogens with zero attached hydrogens (tertiary/aromatic N) is 6. The molecule has 3 aromatic rings. The molecule has 2 saturated heterocycles. The fraction of sp³-hybridized carbons (Fsp3) is 0.455. The van der Waals surface area contributed by atoms with Crippen molar-refractivity contribution >= 4 is 22.6 Å². The summed E-state index contributed by atoms with van der Waals surface area (Å²) in [7, 11) is 2.14. The summed E-state index contributed by atoms with van der Waals surface area (Å²) >= 11 is 0. The highest BCUT2D eigenvalue weighted by Gasteiger charge is 2.46. The third-order valence-electron chi connectivity index (χ3n) is 9.56. The molecule has 3 heterocycles. The standard InChI is InChI=1S/C33H36N6O2/c1-4-30(40)39-14-13-38(19-25(39)18-34-2)32-27-11-10-21(26-9-5-7-22-15-23-16-28(23)31(22)26)17-29(27)35-33(36-32)41-20-24-8-6-12-37(24)3/h4-5,7,9-11,17,23-25,28H,1,6,8,12-16,18-20H2,3H3/t23?,24-,25-,28?/m0/s1. The van der Waals surface area contributed by atoms with Gasteiger partial charge in [-0.2, -0.15) is 9.97 Å². The topological polar surface area (TPSA) is 66.2 Å². The third kappa shape index (κ3) is 4.72. The smallest absolute Gasteiger partial charge is 0.319 e. The quantitative estimate of drug-likeness (QED) is 0.319. The van der Waals surface area contributed by atoms with Crippen LogP contribution in [0.1, 0.15) is 36.3 Å². The Morgan fingerprint density at radius 2 is 2.10 bits per heavy atom. The number of carbonyl (C=O) groups excluding carboxylic acids is 1. The van der Waals surface area contributed by atoms with Crippen LogP contribution in [-0.4, -0.2) is 84.1 Å². The van der Waals surface area contributed by atoms with Crippen LogP contribution in [0, 0.1) is 12.5 Å². The van der Waals surface area contributed by atoms with E-state index in [0.29, 0.717) is 44.2 Å². The molecule has 0 N–H and O–H groups in total. The molecule has 2 aromatic carbocycles. The number of aromatic nitrogens is 2. The monoisotopic (exact) mass is 548 g/mol. The lowest BCUT2D eigenvalue weighted by atomic mass is 9.94. The van der Waals surface area contributed by atoms with Crippen molar-refractivity contribution in [3.05, 3.63) is 71.6 Å². The van der Waals surface area contributed by atoms with Gasteiger partial charge in [-0.25, -0.2) is 6.57 Å². The molecule has 2 unspecified atom stereocenters. The van der Waals surface area contributed by atoms with Crippen LogP contribution in [0.4, 0.5) is 5.82 Å². The van der Waals surface area contributed by atoms with E-state index in [0.717, 1.165) is 35.6 Å². The minimum absolute atomic E-state index is 0.131. The number of piperazine rings is 1. The first-order valence-corrected chi connectivity index (χ1v) is 14.8. The van der Waals surface area contributed by atoms with E-state index in [1.165, 1.54) is 47.6 Å². The molecule has 2 aliphatic heterocycles. The van der Waals surface area contributed by atoms with E-state index in [-0.39, 0.29) is 18.5 Å². The minimum atomic E-state index is -0.231. The molecule has 4 aliphatic rings. The van der Waals surface area contributed by atoms with Crippen LogP contribution < -0.4 is 9.64 Å². The number of ether oxygens (including phenoxy) is 1. The van der Waals surface area contributed by atoms with Gasteiger partial charge < -0.3 is 24.3 Å². The van der Waals surface area contributed by atoms with Gasteiger partial charge in [-0.05, 0) is 91.6 Å². The maximum atomic E-state index is 12.5. The van der Waals surface area contributed by atoms with Gasteiger partial charge in [0.1, 0.15) is 18.5 Å². The number of hydrogen-bond acceptors (Lipinski definition) is 6. The summed E-state index contributed by atoms with van der Waals surface area (Å²) in [5, 5.41) is 0.959. The lowest BCUT2D eigenvalue weighted by Crippen LogP contribution is -2.56. The maximum Gasteiger partial charge on any atom is 0.319 e. The molecule has 1 amide bonds. The number of hydrogen-bond donors (Lipinski definition) is 0. The highest BCUT2D eigenvalue weighted by atomic mass is 16.5. The first-order chi connectivity index (χ1) is 20.0. The summed E-state index contributed by atoms with van der Waals surface area (Å²) < 4.78 is 6.28. The number of likely N-dealkylation sites (tertiary alicyclic amines) is 1. The number of carbonyl (C=O) groups is 1. The largest absolute Gasteiger partial charge is 0.462 e. The molecule has 2 aliphatic carbocycles. The van der Waals surface area contributed by atoms with Crippen molar-refractivity contribution in [1.29, 1.82) is 0 Å². The molecule has 0 bridgehead atoms. The normalized spacial score (nSPS) is 25.1. The molecule has 0 spiro atoms. The van der Waals surface area contributed by atoms with Gasteiger partial charge in [0.05, 0.1) is 5.52 Å². The molecule has 1 aromatic heterocycles. The third-order valence-corrected chi connectivity index (χ3v) is 9.56. The first-order valence-electron chi connectivity index (χ1n) is 14.8. The Morgan fingerprint density at radius 1 is 1.20 bits per heavy atom. The zero-order valence-electron chi connectivity index (χ0n) is 23.6. The van der Waals surface area contributed by atoms with Gasteiger partial charge in [0.25, 0.3) is 0 Å². The lowest BCUT2D eigenvalue weighted by Gasteiger charge is -2.39. The summed E-state index contributed by atoms with van der Waals surface area (Å²) in [5.74, 6) is 2.20. The number of anilines is 1. The fourth-order valence-electron chi connectivity index (χ4n) is 7.23. The second kappa shape index (κ2) is 10.5. The maximum absolute atomic E-state index is 12.5. The molecule has 7 rings (SSSR count). The first kappa shape index (κ1) is 26.0. The zero-order chi connectivity index (χ0) is 28.1. The molecular weight excluding hydrogens is 512 g/mol. The van der Waals surface area contributed by atoms with Crippen molar-refractivity contribution in [3.8, 4) is 17.1 Å². The fourth-order valence-corrected chi connectivity index (χ4v) is 7.23. The molecule has 4 atom stereocenters. The average Bonchev–Trinajstić information content (AvgIpc) is 3.47. The Morgan fingerprint density at radius 3 is 2.90 bits per heavy atom. The van der Waals surface area contributed by atoms with Crippen LogP contribution in [0.2, 0.25) is 0 Å². The van der Waals surface area contributed by atoms with Crippen LogP contribution in [0.3, 0.4) is 0 Å². The van der Waals surface area contributed by atoms with E-state index < -0.39 is 0 Å². The minimum Gasteiger partial charge on any atom is -0.462 e. The van der Waals surface area contributed by atoms with Crippen molar-refractivity contribution in [2.24, 2.45) is 5.92 Å². The van der Waals surface area contributed by atoms with Crippen LogP contribution in [0.25, 0.3) is 26.9 Å². The average molecular weight is 549 g/mol. The molecule has 8 nitrogen and oxygen atoms in total. The van der Waals surface area contributed by atoms with Crippen molar-refractivity contribution in [2.75, 3.05) is 51.3 Å². The molecule has 3 fully saturated rings. The van der Waals surface area contributed by atoms with Gasteiger partial charge >= 0.3 is 6.01 Å². The second-order valence-corrected chi connectivity index (χ2v) is 12.0. The Hall–Kier alpha value is -3.96. The highest BCUT2D eigenvalue weighted by Crippen LogP contribution is 2.58. The predicted molar refractivity (Wildman–Crippen MR) is 160 cm³/mol. The summed E-state index contributed by atoms with van der Waals surface area (Å²) in [5.41, 5.74) is 6.38. The van der Waals surface area contributed by atoms with E-state index in [1.54, 1.807) is 4.90 Å². The van der Waals surface area contributed by atoms with Gasteiger partial charge in [0.2, 0.25) is 12.5 Å². The van der Waals surface area contributed by atoms with E-state index >= 15 is 0 Å². The SMILES string of the molecule is [C-]#[N+]C[C@H]1CN(c2nc(OC[C@@H]3CCCN3C)nc3cc(-c4cccc5c4C4CC4C5)ccc23)CCN1C(=O)C=C. The molecule has 1 saturated carbocycles. The Bertz CT molecular complexity index is 1560. The van der Waals surface area contributed by atoms with Gasteiger partial charge in [0, 0.05) is 31.1 Å². The molecule has 8 heteroatoms. The van der Waals surface area contributed by atoms with E-state index in [2.05, 4.69) is 64.7 Å². The summed E-state index contributed by atoms with van der Waals surface area (Å²) in [6.45, 7) is 14.7. The van der Waals surface area contributed by atoms with E-state index in [4.69, 9.17) is 21.3 Å². The van der Waals surface area contributed by atoms with Crippen molar-refractivity contribution in [2.45, 2.75) is 43.7 Å². The molecule has 210 valence electrons. The van der Waals surface area contributed by atoms with Crippen molar-refractivity contribution < 1.29 is 9.53 Å². The van der Waals surface area contributed by atoms with Crippen LogP contribution >= 0.6 is 0 Å². The van der Waals surface area contributed by atoms with E-state index in [1.807, 2.05) is 0 Å². The van der Waals surface area contributed by atoms with Gasteiger partial charge in [-0.3, -0.25) is 4.79 Å². The van der Waals surface area contributed by atoms with Gasteiger partial charge in [-0.15, -0.1) is 0 Å². The van der Waals surface area contributed by atoms with E-state index in [9.17, 15) is 4.79 Å². The van der Waals surface area contributed by atoms with Gasteiger partial charge in [0.15, 0.2) is 0 Å².